The van der Waals surface area contributed by atoms with Crippen LogP contribution in [0.2, 0.25) is 10.0 Å². The van der Waals surface area contributed by atoms with Crippen LogP contribution in [0.15, 0.2) is 48.8 Å². The van der Waals surface area contributed by atoms with Gasteiger partial charge in [0.05, 0.1) is 0 Å². The van der Waals surface area contributed by atoms with E-state index in [4.69, 9.17) is 32.9 Å². The van der Waals surface area contributed by atoms with Crippen molar-refractivity contribution in [3.05, 3.63) is 70.2 Å². The zero-order valence-electron chi connectivity index (χ0n) is 19.2. The van der Waals surface area contributed by atoms with Crippen molar-refractivity contribution in [2.45, 2.75) is 38.2 Å². The second-order valence-electron chi connectivity index (χ2n) is 9.31. The van der Waals surface area contributed by atoms with Crippen LogP contribution in [0.1, 0.15) is 43.2 Å². The predicted octanol–water partition coefficient (Wildman–Crippen LogP) is 5.69. The molecule has 0 saturated carbocycles. The lowest BCUT2D eigenvalue weighted by Crippen LogP contribution is -2.39. The Hall–Kier alpha value is -2.28. The topological polar surface area (TPSA) is 66.1 Å². The Balaban J connectivity index is 1.27. The van der Waals surface area contributed by atoms with Gasteiger partial charge in [-0.05, 0) is 80.4 Å². The summed E-state index contributed by atoms with van der Waals surface area (Å²) in [6, 6.07) is 11.6. The number of hydrogen-bond acceptors (Lipinski definition) is 5. The van der Waals surface area contributed by atoms with Crippen molar-refractivity contribution in [1.29, 1.82) is 0 Å². The fourth-order valence-corrected chi connectivity index (χ4v) is 5.87. The van der Waals surface area contributed by atoms with Gasteiger partial charge in [0.25, 0.3) is 0 Å². The normalized spacial score (nSPS) is 18.7. The molecule has 2 fully saturated rings. The molecular formula is C26H31Cl2N5O. The summed E-state index contributed by atoms with van der Waals surface area (Å²) in [4.78, 5) is 14.9. The number of pyridine rings is 1. The highest BCUT2D eigenvalue weighted by Crippen LogP contribution is 2.33. The number of piperidine rings is 2. The number of aromatic nitrogens is 3. The summed E-state index contributed by atoms with van der Waals surface area (Å²) in [5.74, 6) is 4.02. The number of H-pyrrole nitrogens is 1. The van der Waals surface area contributed by atoms with E-state index in [2.05, 4.69) is 26.3 Å². The Labute approximate surface area is 211 Å². The van der Waals surface area contributed by atoms with Gasteiger partial charge in [-0.3, -0.25) is 0 Å². The van der Waals surface area contributed by atoms with E-state index in [1.807, 2.05) is 24.3 Å². The van der Waals surface area contributed by atoms with Crippen molar-refractivity contribution in [2.75, 3.05) is 31.1 Å². The standard InChI is InChI=1S/C26H31Cl2N5O/c27-21-14-18(15-22(28)17-21)16-23(26-30-10-11-31-26)34-25-3-1-2-24(32-25)33-12-6-20(7-13-33)19-4-8-29-9-5-19/h1-3,10-11,14-15,17,19-20,23,29H,4-9,12-13,16H2,(H,30,31). The minimum absolute atomic E-state index is 0.335. The van der Waals surface area contributed by atoms with Crippen LogP contribution in [-0.2, 0) is 6.42 Å². The number of anilines is 1. The zero-order chi connectivity index (χ0) is 23.3. The average Bonchev–Trinajstić information content (AvgIpc) is 3.39. The number of ether oxygens (including phenoxy) is 1. The van der Waals surface area contributed by atoms with Crippen LogP contribution in [0.5, 0.6) is 5.88 Å². The third-order valence-electron chi connectivity index (χ3n) is 7.05. The predicted molar refractivity (Wildman–Crippen MR) is 137 cm³/mol. The minimum atomic E-state index is -0.335. The van der Waals surface area contributed by atoms with E-state index >= 15 is 0 Å². The van der Waals surface area contributed by atoms with Crippen LogP contribution in [0.25, 0.3) is 0 Å². The molecule has 180 valence electrons. The zero-order valence-corrected chi connectivity index (χ0v) is 20.7. The molecule has 2 N–H and O–H groups in total. The Bertz CT molecular complexity index is 1040. The van der Waals surface area contributed by atoms with E-state index in [0.29, 0.717) is 22.3 Å². The van der Waals surface area contributed by atoms with Crippen molar-refractivity contribution < 1.29 is 4.74 Å². The van der Waals surface area contributed by atoms with Crippen LogP contribution in [-0.4, -0.2) is 41.1 Å². The van der Waals surface area contributed by atoms with Gasteiger partial charge in [-0.25, -0.2) is 4.98 Å². The van der Waals surface area contributed by atoms with Gasteiger partial charge < -0.3 is 19.9 Å². The lowest BCUT2D eigenvalue weighted by Gasteiger charge is -2.38. The Morgan fingerprint density at radius 3 is 2.44 bits per heavy atom. The molecule has 1 unspecified atom stereocenters. The monoisotopic (exact) mass is 499 g/mol. The summed E-state index contributed by atoms with van der Waals surface area (Å²) in [6.45, 7) is 4.44. The van der Waals surface area contributed by atoms with Gasteiger partial charge in [0.15, 0.2) is 6.10 Å². The van der Waals surface area contributed by atoms with E-state index in [9.17, 15) is 0 Å². The van der Waals surface area contributed by atoms with E-state index in [0.717, 1.165) is 42.1 Å². The molecule has 0 spiro atoms. The molecule has 2 aliphatic rings. The van der Waals surface area contributed by atoms with Crippen molar-refractivity contribution >= 4 is 29.0 Å². The molecule has 8 heteroatoms. The summed E-state index contributed by atoms with van der Waals surface area (Å²) in [6.07, 6.45) is 8.87. The summed E-state index contributed by atoms with van der Waals surface area (Å²) < 4.78 is 6.37. The highest BCUT2D eigenvalue weighted by Gasteiger charge is 2.28. The molecule has 0 amide bonds. The highest BCUT2D eigenvalue weighted by molar-refractivity contribution is 6.34. The second-order valence-corrected chi connectivity index (χ2v) is 10.2. The van der Waals surface area contributed by atoms with Crippen LogP contribution in [0.3, 0.4) is 0 Å². The molecule has 1 atom stereocenters. The summed E-state index contributed by atoms with van der Waals surface area (Å²) in [5, 5.41) is 4.70. The number of benzene rings is 1. The van der Waals surface area contributed by atoms with Gasteiger partial charge in [-0.2, -0.15) is 4.98 Å². The van der Waals surface area contributed by atoms with Crippen LogP contribution < -0.4 is 15.0 Å². The maximum absolute atomic E-state index is 6.37. The summed E-state index contributed by atoms with van der Waals surface area (Å²) >= 11 is 12.4. The second kappa shape index (κ2) is 11.0. The molecular weight excluding hydrogens is 469 g/mol. The van der Waals surface area contributed by atoms with E-state index in [-0.39, 0.29) is 6.10 Å². The van der Waals surface area contributed by atoms with Crippen molar-refractivity contribution in [1.82, 2.24) is 20.3 Å². The third-order valence-corrected chi connectivity index (χ3v) is 7.49. The van der Waals surface area contributed by atoms with Crippen molar-refractivity contribution in [2.24, 2.45) is 11.8 Å². The molecule has 2 aliphatic heterocycles. The fraction of sp³-hybridized carbons (Fsp3) is 0.462. The first kappa shape index (κ1) is 23.5. The molecule has 0 bridgehead atoms. The molecule has 2 aromatic heterocycles. The van der Waals surface area contributed by atoms with Crippen LogP contribution in [0.4, 0.5) is 5.82 Å². The quantitative estimate of drug-likeness (QED) is 0.436. The molecule has 2 saturated heterocycles. The van der Waals surface area contributed by atoms with E-state index in [1.54, 1.807) is 18.5 Å². The fourth-order valence-electron chi connectivity index (χ4n) is 5.30. The van der Waals surface area contributed by atoms with Gasteiger partial charge in [-0.15, -0.1) is 0 Å². The van der Waals surface area contributed by atoms with E-state index in [1.165, 1.54) is 38.8 Å². The summed E-state index contributed by atoms with van der Waals surface area (Å²) in [5.41, 5.74) is 0.982. The Kier molecular flexibility index (Phi) is 7.57. The third kappa shape index (κ3) is 5.85. The van der Waals surface area contributed by atoms with Crippen LogP contribution >= 0.6 is 23.2 Å². The number of hydrogen-bond donors (Lipinski definition) is 2. The molecule has 4 heterocycles. The first-order valence-corrected chi connectivity index (χ1v) is 12.9. The number of nitrogens with zero attached hydrogens (tertiary/aromatic N) is 3. The van der Waals surface area contributed by atoms with Crippen LogP contribution in [0, 0.1) is 11.8 Å². The lowest BCUT2D eigenvalue weighted by molar-refractivity contribution is 0.188. The Morgan fingerprint density at radius 1 is 1.00 bits per heavy atom. The average molecular weight is 500 g/mol. The van der Waals surface area contributed by atoms with Crippen molar-refractivity contribution in [3.8, 4) is 5.88 Å². The van der Waals surface area contributed by atoms with Gasteiger partial charge in [0.2, 0.25) is 5.88 Å². The number of nitrogens with one attached hydrogen (secondary N) is 2. The molecule has 0 radical (unpaired) electrons. The first-order valence-electron chi connectivity index (χ1n) is 12.2. The van der Waals surface area contributed by atoms with E-state index < -0.39 is 0 Å². The summed E-state index contributed by atoms with van der Waals surface area (Å²) in [7, 11) is 0. The maximum atomic E-state index is 6.37. The number of aromatic amines is 1. The maximum Gasteiger partial charge on any atom is 0.215 e. The molecule has 0 aliphatic carbocycles. The smallest absolute Gasteiger partial charge is 0.215 e. The molecule has 1 aromatic carbocycles. The molecule has 5 rings (SSSR count). The number of rotatable bonds is 7. The number of halogens is 2. The first-order chi connectivity index (χ1) is 16.6. The lowest BCUT2D eigenvalue weighted by atomic mass is 9.79. The van der Waals surface area contributed by atoms with Crippen molar-refractivity contribution in [3.63, 3.8) is 0 Å². The largest absolute Gasteiger partial charge is 0.466 e. The van der Waals surface area contributed by atoms with Gasteiger partial charge in [0.1, 0.15) is 11.6 Å². The molecule has 6 nitrogen and oxygen atoms in total. The molecule has 3 aromatic rings. The SMILES string of the molecule is Clc1cc(Cl)cc(CC(Oc2cccc(N3CCC(C4CCNCC4)CC3)n2)c2ncc[nH]2)c1. The van der Waals surface area contributed by atoms with Gasteiger partial charge in [0, 0.05) is 48.0 Å². The minimum Gasteiger partial charge on any atom is -0.466 e. The van der Waals surface area contributed by atoms with Gasteiger partial charge in [-0.1, -0.05) is 29.3 Å². The highest BCUT2D eigenvalue weighted by atomic mass is 35.5. The number of imidazole rings is 1. The Morgan fingerprint density at radius 2 is 1.74 bits per heavy atom. The van der Waals surface area contributed by atoms with Gasteiger partial charge >= 0.3 is 0 Å². The molecule has 34 heavy (non-hydrogen) atoms.